The van der Waals surface area contributed by atoms with E-state index in [1.54, 1.807) is 11.1 Å². The first-order valence-electron chi connectivity index (χ1n) is 14.3. The fraction of sp³-hybridized carbons (Fsp3) is 0.857. The molecule has 0 radical (unpaired) electrons. The highest BCUT2D eigenvalue weighted by molar-refractivity contribution is 7.87. The van der Waals surface area contributed by atoms with Crippen LogP contribution in [0.15, 0.2) is 11.1 Å². The molecule has 11 rings (SSSR count). The minimum Gasteiger partial charge on any atom is -0.460 e. The Bertz CT molecular complexity index is 1280. The second kappa shape index (κ2) is 7.20. The highest BCUT2D eigenvalue weighted by Crippen LogP contribution is 2.72. The average Bonchev–Trinajstić information content (AvgIpc) is 2.83. The molecule has 11 aliphatic carbocycles. The van der Waals surface area contributed by atoms with Crippen molar-refractivity contribution < 1.29 is 40.8 Å². The molecule has 8 unspecified atom stereocenters. The molecule has 8 saturated carbocycles. The van der Waals surface area contributed by atoms with Crippen LogP contribution in [0.3, 0.4) is 0 Å². The fourth-order valence-electron chi connectivity index (χ4n) is 11.7. The van der Waals surface area contributed by atoms with E-state index in [1.807, 2.05) is 0 Å². The van der Waals surface area contributed by atoms with Gasteiger partial charge in [-0.1, -0.05) is 11.1 Å². The summed E-state index contributed by atoms with van der Waals surface area (Å²) in [7, 11) is -5.92. The Morgan fingerprint density at radius 3 is 2.37 bits per heavy atom. The summed E-state index contributed by atoms with van der Waals surface area (Å²) in [6, 6.07) is 0. The molecule has 1 N–H and O–H groups in total. The van der Waals surface area contributed by atoms with Gasteiger partial charge in [-0.2, -0.15) is 17.2 Å². The summed E-state index contributed by atoms with van der Waals surface area (Å²) in [5, 5.41) is -5.01. The van der Waals surface area contributed by atoms with E-state index in [0.717, 1.165) is 50.4 Å². The first-order chi connectivity index (χ1) is 17.8. The van der Waals surface area contributed by atoms with E-state index in [1.165, 1.54) is 19.3 Å². The standard InChI is InChI=1S/C28H34F2O7S/c29-28(30,38(33,34)35)24(32)36-13-25-5-15-1-16(6-25)8-27(7-15,12-25)37-23(31)26-9-20-17-2-14-3-18(20)22(11-26)19(4-14)21(17)10-26/h14-18,20-21H,1-13H2,(H,33,34,35). The molecule has 208 valence electrons. The minimum atomic E-state index is -5.92. The van der Waals surface area contributed by atoms with Crippen LogP contribution < -0.4 is 0 Å². The smallest absolute Gasteiger partial charge is 0.460 e. The zero-order chi connectivity index (χ0) is 26.5. The number of hydrogen-bond acceptors (Lipinski definition) is 6. The number of carbonyl (C=O) groups is 2. The highest BCUT2D eigenvalue weighted by atomic mass is 32.2. The number of rotatable bonds is 6. The van der Waals surface area contributed by atoms with Gasteiger partial charge < -0.3 is 9.47 Å². The monoisotopic (exact) mass is 552 g/mol. The van der Waals surface area contributed by atoms with E-state index in [-0.39, 0.29) is 24.4 Å². The summed E-state index contributed by atoms with van der Waals surface area (Å²) in [5.41, 5.74) is 1.51. The van der Waals surface area contributed by atoms with Gasteiger partial charge in [0.2, 0.25) is 0 Å². The quantitative estimate of drug-likeness (QED) is 0.290. The number of halogens is 2. The molecule has 12 bridgehead atoms. The third-order valence-corrected chi connectivity index (χ3v) is 13.1. The summed E-state index contributed by atoms with van der Waals surface area (Å²) in [6.07, 6.45) is 10.8. The molecule has 8 atom stereocenters. The zero-order valence-electron chi connectivity index (χ0n) is 21.3. The second-order valence-electron chi connectivity index (χ2n) is 14.6. The SMILES string of the molecule is O=C(OC12CC3CC(CC(COC(=O)C(F)(F)S(=O)(=O)O)(C3)C1)C2)C12CC3=C4CC5CC3C(C1)C(C5)C4C2. The fourth-order valence-corrected chi connectivity index (χ4v) is 12.0. The van der Waals surface area contributed by atoms with Gasteiger partial charge in [-0.15, -0.1) is 0 Å². The van der Waals surface area contributed by atoms with Gasteiger partial charge in [0, 0.05) is 5.41 Å². The molecule has 38 heavy (non-hydrogen) atoms. The Morgan fingerprint density at radius 1 is 0.921 bits per heavy atom. The van der Waals surface area contributed by atoms with Crippen LogP contribution in [-0.2, 0) is 29.2 Å². The number of hydrogen-bond donors (Lipinski definition) is 1. The highest BCUT2D eigenvalue weighted by Gasteiger charge is 2.67. The topological polar surface area (TPSA) is 107 Å². The third kappa shape index (κ3) is 3.10. The number of alkyl halides is 2. The van der Waals surface area contributed by atoms with Crippen molar-refractivity contribution in [2.24, 2.45) is 52.3 Å². The Hall–Kier alpha value is -1.55. The predicted molar refractivity (Wildman–Crippen MR) is 128 cm³/mol. The van der Waals surface area contributed by atoms with E-state index in [2.05, 4.69) is 0 Å². The number of ether oxygens (including phenoxy) is 2. The van der Waals surface area contributed by atoms with Crippen LogP contribution in [0, 0.1) is 52.3 Å². The molecular weight excluding hydrogens is 518 g/mol. The first kappa shape index (κ1) is 24.3. The molecule has 0 heterocycles. The van der Waals surface area contributed by atoms with E-state index in [0.29, 0.717) is 37.0 Å². The van der Waals surface area contributed by atoms with Crippen molar-refractivity contribution in [3.05, 3.63) is 11.1 Å². The molecule has 0 spiro atoms. The van der Waals surface area contributed by atoms with Gasteiger partial charge in [0.25, 0.3) is 0 Å². The number of allylic oxidation sites excluding steroid dienone is 2. The van der Waals surface area contributed by atoms with Crippen LogP contribution in [0.2, 0.25) is 0 Å². The summed E-state index contributed by atoms with van der Waals surface area (Å²) in [6.45, 7) is -0.362. The average molecular weight is 553 g/mol. The van der Waals surface area contributed by atoms with Crippen molar-refractivity contribution in [1.29, 1.82) is 0 Å². The van der Waals surface area contributed by atoms with Crippen molar-refractivity contribution in [1.82, 2.24) is 0 Å². The Morgan fingerprint density at radius 2 is 1.66 bits per heavy atom. The molecule has 0 aliphatic heterocycles. The molecule has 0 amide bonds. The lowest BCUT2D eigenvalue weighted by molar-refractivity contribution is -0.226. The summed E-state index contributed by atoms with van der Waals surface area (Å²) < 4.78 is 69.8. The minimum absolute atomic E-state index is 0.0781. The van der Waals surface area contributed by atoms with E-state index in [4.69, 9.17) is 14.0 Å². The van der Waals surface area contributed by atoms with Crippen LogP contribution in [0.5, 0.6) is 0 Å². The lowest BCUT2D eigenvalue weighted by Gasteiger charge is -2.67. The summed E-state index contributed by atoms with van der Waals surface area (Å²) >= 11 is 0. The van der Waals surface area contributed by atoms with Gasteiger partial charge in [0.1, 0.15) is 5.60 Å². The van der Waals surface area contributed by atoms with Gasteiger partial charge in [-0.25, -0.2) is 4.79 Å². The largest absolute Gasteiger partial charge is 0.465 e. The molecule has 8 fully saturated rings. The Balaban J connectivity index is 1.02. The zero-order valence-corrected chi connectivity index (χ0v) is 22.1. The maximum atomic E-state index is 14.1. The second-order valence-corrected chi connectivity index (χ2v) is 16.1. The van der Waals surface area contributed by atoms with Gasteiger partial charge in [0.05, 0.1) is 12.0 Å². The van der Waals surface area contributed by atoms with Gasteiger partial charge in [-0.05, 0) is 118 Å². The van der Waals surface area contributed by atoms with Crippen LogP contribution in [0.4, 0.5) is 8.78 Å². The lowest BCUT2D eigenvalue weighted by Crippen LogP contribution is -2.63. The van der Waals surface area contributed by atoms with Gasteiger partial charge >= 0.3 is 27.3 Å². The van der Waals surface area contributed by atoms with Crippen molar-refractivity contribution in [2.45, 2.75) is 87.9 Å². The Labute approximate surface area is 220 Å². The van der Waals surface area contributed by atoms with Crippen LogP contribution in [0.25, 0.3) is 0 Å². The first-order valence-corrected chi connectivity index (χ1v) is 15.7. The number of carbonyl (C=O) groups excluding carboxylic acids is 2. The summed E-state index contributed by atoms with van der Waals surface area (Å²) in [4.78, 5) is 26.0. The van der Waals surface area contributed by atoms with E-state index < -0.39 is 37.8 Å². The lowest BCUT2D eigenvalue weighted by atomic mass is 9.38. The van der Waals surface area contributed by atoms with Crippen molar-refractivity contribution in [2.75, 3.05) is 6.61 Å². The maximum absolute atomic E-state index is 14.1. The van der Waals surface area contributed by atoms with Crippen LogP contribution in [0.1, 0.15) is 77.0 Å². The van der Waals surface area contributed by atoms with Crippen molar-refractivity contribution in [3.8, 4) is 0 Å². The molecule has 0 aromatic carbocycles. The predicted octanol–water partition coefficient (Wildman–Crippen LogP) is 4.67. The molecule has 10 heteroatoms. The van der Waals surface area contributed by atoms with Gasteiger partial charge in [0.15, 0.2) is 0 Å². The Kier molecular flexibility index (Phi) is 4.60. The van der Waals surface area contributed by atoms with E-state index >= 15 is 0 Å². The molecule has 11 aliphatic rings. The molecule has 7 nitrogen and oxygen atoms in total. The van der Waals surface area contributed by atoms with Crippen molar-refractivity contribution in [3.63, 3.8) is 0 Å². The number of esters is 2. The van der Waals surface area contributed by atoms with E-state index in [9.17, 15) is 26.8 Å². The molecule has 0 aromatic heterocycles. The molecule has 0 saturated heterocycles. The van der Waals surface area contributed by atoms with Crippen LogP contribution >= 0.6 is 0 Å². The maximum Gasteiger partial charge on any atom is 0.465 e. The molecular formula is C28H34F2O7S. The van der Waals surface area contributed by atoms with Crippen molar-refractivity contribution >= 4 is 22.1 Å². The third-order valence-electron chi connectivity index (χ3n) is 12.3. The van der Waals surface area contributed by atoms with Gasteiger partial charge in [-0.3, -0.25) is 9.35 Å². The van der Waals surface area contributed by atoms with Crippen LogP contribution in [-0.4, -0.2) is 42.4 Å². The molecule has 0 aromatic rings. The summed E-state index contributed by atoms with van der Waals surface area (Å²) in [5.74, 6) is 1.59. The normalized spacial score (nSPS) is 49.2.